The van der Waals surface area contributed by atoms with E-state index in [0.29, 0.717) is 12.1 Å². The van der Waals surface area contributed by atoms with E-state index in [-0.39, 0.29) is 0 Å². The van der Waals surface area contributed by atoms with Gasteiger partial charge in [0.25, 0.3) is 0 Å². The predicted octanol–water partition coefficient (Wildman–Crippen LogP) is 2.38. The monoisotopic (exact) mass is 230 g/mol. The summed E-state index contributed by atoms with van der Waals surface area (Å²) in [6, 6.07) is 11.7. The highest BCUT2D eigenvalue weighted by atomic mass is 15.2. The molecule has 1 fully saturated rings. The lowest BCUT2D eigenvalue weighted by atomic mass is 10.1. The molecule has 2 atom stereocenters. The van der Waals surface area contributed by atoms with Crippen molar-refractivity contribution >= 4 is 6.08 Å². The lowest BCUT2D eigenvalue weighted by Gasteiger charge is -2.36. The summed E-state index contributed by atoms with van der Waals surface area (Å²) in [5, 5.41) is 3.50. The summed E-state index contributed by atoms with van der Waals surface area (Å²) >= 11 is 0. The van der Waals surface area contributed by atoms with Crippen LogP contribution in [0, 0.1) is 0 Å². The minimum absolute atomic E-state index is 0.608. The predicted molar refractivity (Wildman–Crippen MR) is 74.0 cm³/mol. The van der Waals surface area contributed by atoms with Gasteiger partial charge in [0.15, 0.2) is 0 Å². The maximum absolute atomic E-state index is 3.50. The largest absolute Gasteiger partial charge is 0.311 e. The molecule has 2 rings (SSSR count). The quantitative estimate of drug-likeness (QED) is 0.857. The van der Waals surface area contributed by atoms with Crippen molar-refractivity contribution in [1.29, 1.82) is 0 Å². The summed E-state index contributed by atoms with van der Waals surface area (Å²) in [4.78, 5) is 2.53. The molecule has 2 nitrogen and oxygen atoms in total. The Morgan fingerprint density at radius 2 is 2.06 bits per heavy atom. The minimum Gasteiger partial charge on any atom is -0.311 e. The van der Waals surface area contributed by atoms with Gasteiger partial charge in [-0.25, -0.2) is 0 Å². The first-order valence-electron chi connectivity index (χ1n) is 6.45. The molecule has 1 N–H and O–H groups in total. The Bertz CT molecular complexity index is 358. The van der Waals surface area contributed by atoms with Crippen molar-refractivity contribution in [3.63, 3.8) is 0 Å². The molecule has 0 radical (unpaired) electrons. The SMILES string of the molecule is CC1CN(CC=Cc2ccccc2)C(C)CN1. The molecule has 1 aliphatic rings. The van der Waals surface area contributed by atoms with Crippen molar-refractivity contribution < 1.29 is 0 Å². The van der Waals surface area contributed by atoms with Gasteiger partial charge in [0, 0.05) is 31.7 Å². The molecule has 1 aliphatic heterocycles. The van der Waals surface area contributed by atoms with Gasteiger partial charge >= 0.3 is 0 Å². The smallest absolute Gasteiger partial charge is 0.0196 e. The van der Waals surface area contributed by atoms with E-state index in [9.17, 15) is 0 Å². The van der Waals surface area contributed by atoms with Gasteiger partial charge in [-0.3, -0.25) is 4.90 Å². The maximum Gasteiger partial charge on any atom is 0.0196 e. The second kappa shape index (κ2) is 5.99. The van der Waals surface area contributed by atoms with Crippen LogP contribution in [0.5, 0.6) is 0 Å². The second-order valence-electron chi connectivity index (χ2n) is 4.93. The summed E-state index contributed by atoms with van der Waals surface area (Å²) < 4.78 is 0. The van der Waals surface area contributed by atoms with Crippen LogP contribution in [0.1, 0.15) is 19.4 Å². The molecular weight excluding hydrogens is 208 g/mol. The zero-order valence-electron chi connectivity index (χ0n) is 10.8. The van der Waals surface area contributed by atoms with Crippen LogP contribution in [0.3, 0.4) is 0 Å². The van der Waals surface area contributed by atoms with Gasteiger partial charge in [-0.05, 0) is 19.4 Å². The molecular formula is C15H22N2. The van der Waals surface area contributed by atoms with E-state index in [4.69, 9.17) is 0 Å². The van der Waals surface area contributed by atoms with Crippen LogP contribution in [0.4, 0.5) is 0 Å². The van der Waals surface area contributed by atoms with E-state index in [0.717, 1.165) is 19.6 Å². The molecule has 0 aromatic heterocycles. The number of piperazine rings is 1. The van der Waals surface area contributed by atoms with Gasteiger partial charge in [0.2, 0.25) is 0 Å². The van der Waals surface area contributed by atoms with Crippen molar-refractivity contribution in [2.24, 2.45) is 0 Å². The number of benzene rings is 1. The normalized spacial score (nSPS) is 26.5. The van der Waals surface area contributed by atoms with Crippen molar-refractivity contribution in [2.45, 2.75) is 25.9 Å². The first-order valence-corrected chi connectivity index (χ1v) is 6.45. The molecule has 2 heteroatoms. The molecule has 0 saturated carbocycles. The second-order valence-corrected chi connectivity index (χ2v) is 4.93. The topological polar surface area (TPSA) is 15.3 Å². The highest BCUT2D eigenvalue weighted by molar-refractivity contribution is 5.48. The van der Waals surface area contributed by atoms with Crippen LogP contribution >= 0.6 is 0 Å². The van der Waals surface area contributed by atoms with Gasteiger partial charge in [0.1, 0.15) is 0 Å². The van der Waals surface area contributed by atoms with E-state index in [1.807, 2.05) is 0 Å². The number of nitrogens with one attached hydrogen (secondary N) is 1. The molecule has 1 aromatic rings. The number of hydrogen-bond acceptors (Lipinski definition) is 2. The first-order chi connectivity index (χ1) is 8.25. The Hall–Kier alpha value is -1.12. The third-order valence-corrected chi connectivity index (χ3v) is 3.34. The van der Waals surface area contributed by atoms with Gasteiger partial charge < -0.3 is 5.32 Å². The zero-order chi connectivity index (χ0) is 12.1. The molecule has 1 saturated heterocycles. The van der Waals surface area contributed by atoms with E-state index in [1.54, 1.807) is 0 Å². The van der Waals surface area contributed by atoms with Crippen molar-refractivity contribution in [1.82, 2.24) is 10.2 Å². The summed E-state index contributed by atoms with van der Waals surface area (Å²) in [5.41, 5.74) is 1.28. The van der Waals surface area contributed by atoms with Crippen LogP contribution in [0.2, 0.25) is 0 Å². The maximum atomic E-state index is 3.50. The highest BCUT2D eigenvalue weighted by Gasteiger charge is 2.20. The number of hydrogen-bond donors (Lipinski definition) is 1. The molecule has 0 amide bonds. The fourth-order valence-corrected chi connectivity index (χ4v) is 2.24. The number of rotatable bonds is 3. The Morgan fingerprint density at radius 1 is 1.29 bits per heavy atom. The average Bonchev–Trinajstić information content (AvgIpc) is 2.35. The minimum atomic E-state index is 0.608. The summed E-state index contributed by atoms with van der Waals surface area (Å²) in [6.07, 6.45) is 4.48. The zero-order valence-corrected chi connectivity index (χ0v) is 10.8. The van der Waals surface area contributed by atoms with Gasteiger partial charge in [-0.2, -0.15) is 0 Å². The Balaban J connectivity index is 1.87. The van der Waals surface area contributed by atoms with E-state index < -0.39 is 0 Å². The van der Waals surface area contributed by atoms with E-state index in [1.165, 1.54) is 5.56 Å². The van der Waals surface area contributed by atoms with Crippen molar-refractivity contribution in [2.75, 3.05) is 19.6 Å². The summed E-state index contributed by atoms with van der Waals surface area (Å²) in [5.74, 6) is 0. The first kappa shape index (κ1) is 12.3. The fourth-order valence-electron chi connectivity index (χ4n) is 2.24. The summed E-state index contributed by atoms with van der Waals surface area (Å²) in [6.45, 7) is 7.82. The van der Waals surface area contributed by atoms with Crippen LogP contribution < -0.4 is 5.32 Å². The van der Waals surface area contributed by atoms with Gasteiger partial charge in [-0.15, -0.1) is 0 Å². The average molecular weight is 230 g/mol. The third-order valence-electron chi connectivity index (χ3n) is 3.34. The molecule has 92 valence electrons. The van der Waals surface area contributed by atoms with Crippen LogP contribution in [0.25, 0.3) is 6.08 Å². The van der Waals surface area contributed by atoms with E-state index in [2.05, 4.69) is 66.5 Å². The van der Waals surface area contributed by atoms with Crippen LogP contribution in [-0.4, -0.2) is 36.6 Å². The van der Waals surface area contributed by atoms with E-state index >= 15 is 0 Å². The Morgan fingerprint density at radius 3 is 2.82 bits per heavy atom. The number of nitrogens with zero attached hydrogens (tertiary/aromatic N) is 1. The molecule has 0 bridgehead atoms. The molecule has 0 aliphatic carbocycles. The van der Waals surface area contributed by atoms with Crippen LogP contribution in [-0.2, 0) is 0 Å². The third kappa shape index (κ3) is 3.69. The van der Waals surface area contributed by atoms with Crippen LogP contribution in [0.15, 0.2) is 36.4 Å². The Labute approximate surface area is 104 Å². The molecule has 1 aromatic carbocycles. The molecule has 17 heavy (non-hydrogen) atoms. The standard InChI is InChI=1S/C15H22N2/c1-13-12-17(14(2)11-16-13)10-6-9-15-7-4-3-5-8-15/h3-9,13-14,16H,10-12H2,1-2H3. The van der Waals surface area contributed by atoms with Gasteiger partial charge in [-0.1, -0.05) is 42.5 Å². The lowest BCUT2D eigenvalue weighted by Crippen LogP contribution is -2.54. The lowest BCUT2D eigenvalue weighted by molar-refractivity contribution is 0.163. The highest BCUT2D eigenvalue weighted by Crippen LogP contribution is 2.07. The van der Waals surface area contributed by atoms with Gasteiger partial charge in [0.05, 0.1) is 0 Å². The summed E-state index contributed by atoms with van der Waals surface area (Å²) in [7, 11) is 0. The van der Waals surface area contributed by atoms with Crippen molar-refractivity contribution in [3.05, 3.63) is 42.0 Å². The molecule has 0 spiro atoms. The Kier molecular flexibility index (Phi) is 4.35. The molecule has 1 heterocycles. The fraction of sp³-hybridized carbons (Fsp3) is 0.467. The van der Waals surface area contributed by atoms with Crippen molar-refractivity contribution in [3.8, 4) is 0 Å². The molecule has 2 unspecified atom stereocenters.